The molecular formula is C30H33N5O3S2. The maximum Gasteiger partial charge on any atom is 0.248 e. The van der Waals surface area contributed by atoms with Gasteiger partial charge in [0.2, 0.25) is 11.8 Å². The molecule has 1 aliphatic rings. The van der Waals surface area contributed by atoms with Crippen molar-refractivity contribution >= 4 is 34.9 Å². The molecule has 1 saturated heterocycles. The zero-order valence-electron chi connectivity index (χ0n) is 22.5. The Balaban J connectivity index is 1.08. The van der Waals surface area contributed by atoms with Crippen molar-refractivity contribution in [2.75, 3.05) is 32.0 Å². The SMILES string of the molecule is CC1CN(C(=O)CCCSc2nnc(-c3cccs3)n2-c2ccccc2)CCN1C(=O)COCc1ccccc1. The van der Waals surface area contributed by atoms with Gasteiger partial charge in [0, 0.05) is 43.5 Å². The first-order chi connectivity index (χ1) is 19.6. The van der Waals surface area contributed by atoms with E-state index in [9.17, 15) is 9.59 Å². The van der Waals surface area contributed by atoms with Crippen LogP contribution in [-0.2, 0) is 20.9 Å². The molecule has 2 amide bonds. The molecule has 0 saturated carbocycles. The van der Waals surface area contributed by atoms with E-state index in [1.54, 1.807) is 23.1 Å². The van der Waals surface area contributed by atoms with E-state index < -0.39 is 0 Å². The molecule has 1 aliphatic heterocycles. The van der Waals surface area contributed by atoms with Crippen LogP contribution in [0.5, 0.6) is 0 Å². The molecule has 0 bridgehead atoms. The van der Waals surface area contributed by atoms with Gasteiger partial charge in [-0.3, -0.25) is 14.2 Å². The van der Waals surface area contributed by atoms with Crippen molar-refractivity contribution in [1.82, 2.24) is 24.6 Å². The Kier molecular flexibility index (Phi) is 9.64. The van der Waals surface area contributed by atoms with Gasteiger partial charge in [0.1, 0.15) is 6.61 Å². The Labute approximate surface area is 243 Å². The molecule has 1 atom stereocenters. The molecule has 10 heteroatoms. The van der Waals surface area contributed by atoms with Crippen molar-refractivity contribution in [2.24, 2.45) is 0 Å². The molecule has 1 unspecified atom stereocenters. The number of hydrogen-bond acceptors (Lipinski definition) is 7. The molecule has 0 radical (unpaired) electrons. The first kappa shape index (κ1) is 28.1. The molecule has 2 aromatic carbocycles. The molecule has 0 spiro atoms. The standard InChI is InChI=1S/C30H33N5O3S2/c1-23-20-33(16-17-34(23)28(37)22-38-21-24-10-4-2-5-11-24)27(36)15-9-19-40-30-32-31-29(26-14-8-18-39-26)35(30)25-12-6-3-7-13-25/h2-8,10-14,18,23H,9,15-17,19-22H2,1H3. The van der Waals surface area contributed by atoms with Crippen LogP contribution in [0.15, 0.2) is 83.3 Å². The molecule has 5 rings (SSSR count). The van der Waals surface area contributed by atoms with Crippen molar-refractivity contribution in [3.05, 3.63) is 83.7 Å². The highest BCUT2D eigenvalue weighted by atomic mass is 32.2. The molecule has 0 N–H and O–H groups in total. The fourth-order valence-corrected chi connectivity index (χ4v) is 6.34. The number of thiophene rings is 1. The third-order valence-electron chi connectivity index (χ3n) is 6.79. The summed E-state index contributed by atoms with van der Waals surface area (Å²) in [7, 11) is 0. The molecule has 3 heterocycles. The Bertz CT molecular complexity index is 1380. The highest BCUT2D eigenvalue weighted by molar-refractivity contribution is 7.99. The van der Waals surface area contributed by atoms with Crippen molar-refractivity contribution in [2.45, 2.75) is 37.6 Å². The summed E-state index contributed by atoms with van der Waals surface area (Å²) in [5.74, 6) is 1.68. The van der Waals surface area contributed by atoms with Gasteiger partial charge in [-0.1, -0.05) is 66.4 Å². The lowest BCUT2D eigenvalue weighted by molar-refractivity contribution is -0.145. The van der Waals surface area contributed by atoms with Crippen LogP contribution >= 0.6 is 23.1 Å². The van der Waals surface area contributed by atoms with E-state index in [1.807, 2.05) is 82.8 Å². The van der Waals surface area contributed by atoms with Gasteiger partial charge in [0.25, 0.3) is 0 Å². The maximum atomic E-state index is 13.0. The highest BCUT2D eigenvalue weighted by Gasteiger charge is 2.29. The van der Waals surface area contributed by atoms with Crippen LogP contribution in [0.3, 0.4) is 0 Å². The van der Waals surface area contributed by atoms with E-state index in [-0.39, 0.29) is 24.5 Å². The second-order valence-corrected chi connectivity index (χ2v) is 11.7. The first-order valence-electron chi connectivity index (χ1n) is 13.5. The second-order valence-electron chi connectivity index (χ2n) is 9.66. The van der Waals surface area contributed by atoms with E-state index in [0.29, 0.717) is 32.7 Å². The molecule has 0 aliphatic carbocycles. The number of rotatable bonds is 11. The fourth-order valence-electron chi connectivity index (χ4n) is 4.75. The van der Waals surface area contributed by atoms with E-state index >= 15 is 0 Å². The Morgan fingerprint density at radius 3 is 2.48 bits per heavy atom. The van der Waals surface area contributed by atoms with Gasteiger partial charge in [0.05, 0.1) is 11.5 Å². The first-order valence-corrected chi connectivity index (χ1v) is 15.3. The van der Waals surface area contributed by atoms with Gasteiger partial charge in [-0.15, -0.1) is 21.5 Å². The summed E-state index contributed by atoms with van der Waals surface area (Å²) in [5, 5.41) is 11.8. The number of carbonyl (C=O) groups is 2. The summed E-state index contributed by atoms with van der Waals surface area (Å²) >= 11 is 3.25. The van der Waals surface area contributed by atoms with Crippen LogP contribution in [0, 0.1) is 0 Å². The number of para-hydroxylation sites is 1. The van der Waals surface area contributed by atoms with Crippen molar-refractivity contribution in [1.29, 1.82) is 0 Å². The predicted octanol–water partition coefficient (Wildman–Crippen LogP) is 5.14. The lowest BCUT2D eigenvalue weighted by atomic mass is 10.1. The number of nitrogens with zero attached hydrogens (tertiary/aromatic N) is 5. The number of benzene rings is 2. The Morgan fingerprint density at radius 1 is 0.975 bits per heavy atom. The Hall–Kier alpha value is -3.47. The number of piperazine rings is 1. The number of aromatic nitrogens is 3. The number of carbonyl (C=O) groups excluding carboxylic acids is 2. The summed E-state index contributed by atoms with van der Waals surface area (Å²) in [5.41, 5.74) is 2.06. The predicted molar refractivity (Wildman–Crippen MR) is 158 cm³/mol. The van der Waals surface area contributed by atoms with Crippen molar-refractivity contribution < 1.29 is 14.3 Å². The largest absolute Gasteiger partial charge is 0.367 e. The molecule has 8 nitrogen and oxygen atoms in total. The van der Waals surface area contributed by atoms with Crippen LogP contribution < -0.4 is 0 Å². The zero-order valence-corrected chi connectivity index (χ0v) is 24.2. The summed E-state index contributed by atoms with van der Waals surface area (Å²) in [6.45, 7) is 4.07. The molecule has 4 aromatic rings. The highest BCUT2D eigenvalue weighted by Crippen LogP contribution is 2.30. The average molecular weight is 576 g/mol. The third-order valence-corrected chi connectivity index (χ3v) is 8.67. The van der Waals surface area contributed by atoms with Crippen molar-refractivity contribution in [3.8, 4) is 16.4 Å². The number of amides is 2. The number of thioether (sulfide) groups is 1. The summed E-state index contributed by atoms with van der Waals surface area (Å²) in [4.78, 5) is 30.4. The van der Waals surface area contributed by atoms with Gasteiger partial charge in [0.15, 0.2) is 11.0 Å². The monoisotopic (exact) mass is 575 g/mol. The minimum absolute atomic E-state index is 0.0311. The summed E-state index contributed by atoms with van der Waals surface area (Å²) in [6.07, 6.45) is 1.20. The van der Waals surface area contributed by atoms with Gasteiger partial charge >= 0.3 is 0 Å². The van der Waals surface area contributed by atoms with Gasteiger partial charge in [-0.25, -0.2) is 0 Å². The smallest absolute Gasteiger partial charge is 0.248 e. The lowest BCUT2D eigenvalue weighted by Gasteiger charge is -2.40. The minimum Gasteiger partial charge on any atom is -0.367 e. The minimum atomic E-state index is -0.0417. The van der Waals surface area contributed by atoms with E-state index in [0.717, 1.165) is 39.3 Å². The van der Waals surface area contributed by atoms with Crippen LogP contribution in [-0.4, -0.2) is 74.4 Å². The van der Waals surface area contributed by atoms with E-state index in [2.05, 4.69) is 26.9 Å². The van der Waals surface area contributed by atoms with E-state index in [4.69, 9.17) is 4.74 Å². The normalized spacial score (nSPS) is 15.4. The van der Waals surface area contributed by atoms with Crippen LogP contribution in [0.1, 0.15) is 25.3 Å². The van der Waals surface area contributed by atoms with Crippen LogP contribution in [0.25, 0.3) is 16.4 Å². The van der Waals surface area contributed by atoms with Gasteiger partial charge < -0.3 is 14.5 Å². The molecular weight excluding hydrogens is 542 g/mol. The zero-order chi connectivity index (χ0) is 27.7. The number of ether oxygens (including phenoxy) is 1. The van der Waals surface area contributed by atoms with Gasteiger partial charge in [-0.2, -0.15) is 0 Å². The maximum absolute atomic E-state index is 13.0. The van der Waals surface area contributed by atoms with Gasteiger partial charge in [-0.05, 0) is 42.5 Å². The second kappa shape index (κ2) is 13.7. The summed E-state index contributed by atoms with van der Waals surface area (Å²) in [6, 6.07) is 24.0. The summed E-state index contributed by atoms with van der Waals surface area (Å²) < 4.78 is 7.72. The average Bonchev–Trinajstić information content (AvgIpc) is 3.66. The van der Waals surface area contributed by atoms with Crippen LogP contribution in [0.2, 0.25) is 0 Å². The lowest BCUT2D eigenvalue weighted by Crippen LogP contribution is -2.56. The quantitative estimate of drug-likeness (QED) is 0.182. The molecule has 40 heavy (non-hydrogen) atoms. The third kappa shape index (κ3) is 6.99. The molecule has 2 aromatic heterocycles. The van der Waals surface area contributed by atoms with Crippen molar-refractivity contribution in [3.63, 3.8) is 0 Å². The van der Waals surface area contributed by atoms with Crippen LogP contribution in [0.4, 0.5) is 0 Å². The fraction of sp³-hybridized carbons (Fsp3) is 0.333. The molecule has 208 valence electrons. The topological polar surface area (TPSA) is 80.6 Å². The Morgan fingerprint density at radius 2 is 1.75 bits per heavy atom. The molecule has 1 fully saturated rings. The number of hydrogen-bond donors (Lipinski definition) is 0. The van der Waals surface area contributed by atoms with E-state index in [1.165, 1.54) is 0 Å².